The molecule has 0 bridgehead atoms. The Kier molecular flexibility index (Phi) is 4.44. The third-order valence-electron chi connectivity index (χ3n) is 3.46. The number of hydrogen-bond acceptors (Lipinski definition) is 4. The van der Waals surface area contributed by atoms with E-state index in [0.29, 0.717) is 4.99 Å². The summed E-state index contributed by atoms with van der Waals surface area (Å²) in [6.07, 6.45) is 0.482. The SMILES string of the molecule is COC(=O)NC1CCN(c2cc(C)ccc2C(N)=S)C1. The van der Waals surface area contributed by atoms with Gasteiger partial charge in [-0.05, 0) is 31.0 Å². The molecule has 20 heavy (non-hydrogen) atoms. The molecule has 3 N–H and O–H groups in total. The molecular weight excluding hydrogens is 274 g/mol. The Morgan fingerprint density at radius 1 is 1.55 bits per heavy atom. The number of thiocarbonyl (C=S) groups is 1. The van der Waals surface area contributed by atoms with Crippen LogP contribution in [0.2, 0.25) is 0 Å². The van der Waals surface area contributed by atoms with Crippen LogP contribution in [0.1, 0.15) is 17.5 Å². The number of anilines is 1. The van der Waals surface area contributed by atoms with E-state index in [9.17, 15) is 4.79 Å². The van der Waals surface area contributed by atoms with Crippen LogP contribution >= 0.6 is 12.2 Å². The quantitative estimate of drug-likeness (QED) is 0.828. The third kappa shape index (κ3) is 3.19. The fourth-order valence-corrected chi connectivity index (χ4v) is 2.61. The Hall–Kier alpha value is -1.82. The molecular formula is C14H19N3O2S. The number of ether oxygens (including phenoxy) is 1. The summed E-state index contributed by atoms with van der Waals surface area (Å²) in [6.45, 7) is 3.62. The number of methoxy groups -OCH3 is 1. The van der Waals surface area contributed by atoms with Gasteiger partial charge in [0.2, 0.25) is 0 Å². The number of nitrogens with one attached hydrogen (secondary N) is 1. The molecule has 6 heteroatoms. The van der Waals surface area contributed by atoms with Crippen molar-refractivity contribution in [2.24, 2.45) is 5.73 Å². The number of carbonyl (C=O) groups is 1. The maximum absolute atomic E-state index is 11.2. The first-order chi connectivity index (χ1) is 9.51. The highest BCUT2D eigenvalue weighted by Crippen LogP contribution is 2.26. The summed E-state index contributed by atoms with van der Waals surface area (Å²) in [5, 5.41) is 2.82. The minimum atomic E-state index is -0.393. The molecule has 1 saturated heterocycles. The fourth-order valence-electron chi connectivity index (χ4n) is 2.43. The number of benzene rings is 1. The van der Waals surface area contributed by atoms with Crippen LogP contribution in [0.5, 0.6) is 0 Å². The second-order valence-corrected chi connectivity index (χ2v) is 5.39. The average molecular weight is 293 g/mol. The van der Waals surface area contributed by atoms with E-state index in [1.807, 2.05) is 19.1 Å². The second-order valence-electron chi connectivity index (χ2n) is 4.95. The Bertz CT molecular complexity index is 533. The molecule has 1 fully saturated rings. The largest absolute Gasteiger partial charge is 0.453 e. The number of alkyl carbamates (subject to hydrolysis) is 1. The number of nitrogens with two attached hydrogens (primary N) is 1. The summed E-state index contributed by atoms with van der Waals surface area (Å²) in [5.41, 5.74) is 8.85. The maximum atomic E-state index is 11.2. The zero-order valence-electron chi connectivity index (χ0n) is 11.7. The summed E-state index contributed by atoms with van der Waals surface area (Å²) in [7, 11) is 1.37. The first-order valence-electron chi connectivity index (χ1n) is 6.51. The van der Waals surface area contributed by atoms with Crippen molar-refractivity contribution < 1.29 is 9.53 Å². The Morgan fingerprint density at radius 2 is 2.30 bits per heavy atom. The van der Waals surface area contributed by atoms with E-state index in [0.717, 1.165) is 36.3 Å². The van der Waals surface area contributed by atoms with Crippen LogP contribution in [0.4, 0.5) is 10.5 Å². The molecule has 108 valence electrons. The third-order valence-corrected chi connectivity index (χ3v) is 3.67. The van der Waals surface area contributed by atoms with E-state index < -0.39 is 6.09 Å². The van der Waals surface area contributed by atoms with E-state index in [2.05, 4.69) is 21.0 Å². The Balaban J connectivity index is 2.15. The Morgan fingerprint density at radius 3 is 2.95 bits per heavy atom. The van der Waals surface area contributed by atoms with Crippen LogP contribution in [0.25, 0.3) is 0 Å². The topological polar surface area (TPSA) is 67.6 Å². The van der Waals surface area contributed by atoms with Crippen LogP contribution in [0.3, 0.4) is 0 Å². The molecule has 1 heterocycles. The highest BCUT2D eigenvalue weighted by molar-refractivity contribution is 7.80. The van der Waals surface area contributed by atoms with Crippen molar-refractivity contribution in [3.05, 3.63) is 29.3 Å². The van der Waals surface area contributed by atoms with E-state index in [1.54, 1.807) is 0 Å². The normalized spacial score (nSPS) is 17.9. The molecule has 1 unspecified atom stereocenters. The molecule has 1 atom stereocenters. The number of hydrogen-bond donors (Lipinski definition) is 2. The van der Waals surface area contributed by atoms with Crippen LogP contribution in [0.15, 0.2) is 18.2 Å². The van der Waals surface area contributed by atoms with Gasteiger partial charge in [-0.2, -0.15) is 0 Å². The minimum Gasteiger partial charge on any atom is -0.453 e. The van der Waals surface area contributed by atoms with Gasteiger partial charge in [0, 0.05) is 24.3 Å². The van der Waals surface area contributed by atoms with Gasteiger partial charge in [0.25, 0.3) is 0 Å². The van der Waals surface area contributed by atoms with Gasteiger partial charge in [-0.1, -0.05) is 18.3 Å². The molecule has 1 amide bonds. The molecule has 0 radical (unpaired) electrons. The van der Waals surface area contributed by atoms with Gasteiger partial charge < -0.3 is 20.7 Å². The number of carbonyl (C=O) groups excluding carboxylic acids is 1. The number of rotatable bonds is 3. The monoisotopic (exact) mass is 293 g/mol. The number of aryl methyl sites for hydroxylation is 1. The molecule has 5 nitrogen and oxygen atoms in total. The van der Waals surface area contributed by atoms with Crippen molar-refractivity contribution >= 4 is 29.0 Å². The van der Waals surface area contributed by atoms with Crippen molar-refractivity contribution in [3.63, 3.8) is 0 Å². The molecule has 1 aliphatic heterocycles. The molecule has 1 aromatic rings. The maximum Gasteiger partial charge on any atom is 0.407 e. The smallest absolute Gasteiger partial charge is 0.407 e. The van der Waals surface area contributed by atoms with Crippen LogP contribution in [-0.4, -0.2) is 37.3 Å². The lowest BCUT2D eigenvalue weighted by Crippen LogP contribution is -2.37. The summed E-state index contributed by atoms with van der Waals surface area (Å²) >= 11 is 5.11. The van der Waals surface area contributed by atoms with Gasteiger partial charge in [-0.3, -0.25) is 0 Å². The predicted octanol–water partition coefficient (Wildman–Crippen LogP) is 1.56. The molecule has 1 aromatic carbocycles. The molecule has 0 saturated carbocycles. The molecule has 2 rings (SSSR count). The molecule has 0 aromatic heterocycles. The van der Waals surface area contributed by atoms with Crippen LogP contribution in [-0.2, 0) is 4.74 Å². The van der Waals surface area contributed by atoms with E-state index in [1.165, 1.54) is 7.11 Å². The van der Waals surface area contributed by atoms with Gasteiger partial charge in [0.15, 0.2) is 0 Å². The highest BCUT2D eigenvalue weighted by Gasteiger charge is 2.26. The van der Waals surface area contributed by atoms with Crippen molar-refractivity contribution in [1.29, 1.82) is 0 Å². The van der Waals surface area contributed by atoms with Crippen LogP contribution in [0, 0.1) is 6.92 Å². The highest BCUT2D eigenvalue weighted by atomic mass is 32.1. The van der Waals surface area contributed by atoms with Crippen molar-refractivity contribution in [2.75, 3.05) is 25.1 Å². The van der Waals surface area contributed by atoms with Gasteiger partial charge in [0.1, 0.15) is 4.99 Å². The molecule has 0 spiro atoms. The number of amides is 1. The second kappa shape index (κ2) is 6.09. The number of nitrogens with zero attached hydrogens (tertiary/aromatic N) is 1. The zero-order valence-corrected chi connectivity index (χ0v) is 12.5. The first kappa shape index (κ1) is 14.6. The van der Waals surface area contributed by atoms with E-state index in [4.69, 9.17) is 18.0 Å². The summed E-state index contributed by atoms with van der Waals surface area (Å²) in [5.74, 6) is 0. The zero-order chi connectivity index (χ0) is 14.7. The van der Waals surface area contributed by atoms with Crippen molar-refractivity contribution in [3.8, 4) is 0 Å². The lowest BCUT2D eigenvalue weighted by atomic mass is 10.1. The van der Waals surface area contributed by atoms with Gasteiger partial charge in [0.05, 0.1) is 13.2 Å². The minimum absolute atomic E-state index is 0.0853. The summed E-state index contributed by atoms with van der Waals surface area (Å²) < 4.78 is 4.62. The summed E-state index contributed by atoms with van der Waals surface area (Å²) in [4.78, 5) is 13.8. The standard InChI is InChI=1S/C14H19N3O2S/c1-9-3-4-11(13(15)20)12(7-9)17-6-5-10(8-17)16-14(18)19-2/h3-4,7,10H,5-6,8H2,1-2H3,(H2,15,20)(H,16,18). The molecule has 1 aliphatic rings. The van der Waals surface area contributed by atoms with Gasteiger partial charge in [-0.25, -0.2) is 4.79 Å². The predicted molar refractivity (Wildman–Crippen MR) is 83.2 cm³/mol. The average Bonchev–Trinajstić information content (AvgIpc) is 2.86. The molecule has 0 aliphatic carbocycles. The lowest BCUT2D eigenvalue weighted by Gasteiger charge is -2.22. The van der Waals surface area contributed by atoms with Crippen LogP contribution < -0.4 is 16.0 Å². The van der Waals surface area contributed by atoms with E-state index >= 15 is 0 Å². The fraction of sp³-hybridized carbons (Fsp3) is 0.429. The van der Waals surface area contributed by atoms with Gasteiger partial charge in [-0.15, -0.1) is 0 Å². The lowest BCUT2D eigenvalue weighted by molar-refractivity contribution is 0.167. The van der Waals surface area contributed by atoms with Crippen molar-refractivity contribution in [1.82, 2.24) is 5.32 Å². The van der Waals surface area contributed by atoms with Gasteiger partial charge >= 0.3 is 6.09 Å². The first-order valence-corrected chi connectivity index (χ1v) is 6.92. The Labute approximate surface area is 124 Å². The van der Waals surface area contributed by atoms with E-state index in [-0.39, 0.29) is 6.04 Å². The summed E-state index contributed by atoms with van der Waals surface area (Å²) in [6, 6.07) is 6.11. The van der Waals surface area contributed by atoms with Crippen molar-refractivity contribution in [2.45, 2.75) is 19.4 Å².